The lowest BCUT2D eigenvalue weighted by molar-refractivity contribution is -0.122. The molecule has 1 atom stereocenters. The lowest BCUT2D eigenvalue weighted by Crippen LogP contribution is -2.46. The van der Waals surface area contributed by atoms with Gasteiger partial charge in [-0.05, 0) is 38.8 Å². The Labute approximate surface area is 120 Å². The van der Waals surface area contributed by atoms with Gasteiger partial charge in [-0.25, -0.2) is 4.79 Å². The fourth-order valence-electron chi connectivity index (χ4n) is 1.78. The number of nitrogens with one attached hydrogen (secondary N) is 3. The van der Waals surface area contributed by atoms with E-state index >= 15 is 0 Å². The molecule has 1 aromatic rings. The van der Waals surface area contributed by atoms with Crippen LogP contribution in [0.15, 0.2) is 18.2 Å². The summed E-state index contributed by atoms with van der Waals surface area (Å²) in [4.78, 5) is 23.5. The van der Waals surface area contributed by atoms with Crippen LogP contribution in [0.5, 0.6) is 0 Å². The van der Waals surface area contributed by atoms with Crippen molar-refractivity contribution in [1.82, 2.24) is 10.6 Å². The molecule has 3 amide bonds. The van der Waals surface area contributed by atoms with E-state index in [0.29, 0.717) is 6.54 Å². The Morgan fingerprint density at radius 1 is 1.25 bits per heavy atom. The third kappa shape index (κ3) is 4.91. The lowest BCUT2D eigenvalue weighted by Gasteiger charge is -2.15. The van der Waals surface area contributed by atoms with E-state index in [1.807, 2.05) is 39.0 Å². The summed E-state index contributed by atoms with van der Waals surface area (Å²) in [6, 6.07) is 4.84. The third-order valence-electron chi connectivity index (χ3n) is 2.92. The van der Waals surface area contributed by atoms with E-state index in [1.165, 1.54) is 0 Å². The summed E-state index contributed by atoms with van der Waals surface area (Å²) >= 11 is 0. The van der Waals surface area contributed by atoms with Crippen LogP contribution in [0.3, 0.4) is 0 Å². The molecule has 0 unspecified atom stereocenters. The largest absolute Gasteiger partial charge is 0.354 e. The molecular formula is C15H23N3O2. The molecule has 0 spiro atoms. The summed E-state index contributed by atoms with van der Waals surface area (Å²) in [7, 11) is 0. The maximum Gasteiger partial charge on any atom is 0.319 e. The minimum Gasteiger partial charge on any atom is -0.354 e. The van der Waals surface area contributed by atoms with Gasteiger partial charge in [0.25, 0.3) is 0 Å². The molecule has 5 nitrogen and oxygen atoms in total. The van der Waals surface area contributed by atoms with Gasteiger partial charge >= 0.3 is 6.03 Å². The molecule has 20 heavy (non-hydrogen) atoms. The number of carbonyl (C=O) groups is 2. The third-order valence-corrected chi connectivity index (χ3v) is 2.92. The molecule has 0 saturated carbocycles. The van der Waals surface area contributed by atoms with E-state index in [0.717, 1.165) is 23.2 Å². The first-order valence-electron chi connectivity index (χ1n) is 6.86. The zero-order chi connectivity index (χ0) is 15.1. The maximum absolute atomic E-state index is 11.8. The van der Waals surface area contributed by atoms with Crippen LogP contribution in [0.4, 0.5) is 10.5 Å². The Hall–Kier alpha value is -2.04. The Morgan fingerprint density at radius 2 is 1.95 bits per heavy atom. The molecule has 0 aliphatic carbocycles. The quantitative estimate of drug-likeness (QED) is 0.773. The van der Waals surface area contributed by atoms with Crippen LogP contribution in [-0.4, -0.2) is 24.5 Å². The summed E-state index contributed by atoms with van der Waals surface area (Å²) in [5.41, 5.74) is 2.87. The number of rotatable bonds is 5. The predicted octanol–water partition coefficient (Wildman–Crippen LogP) is 2.34. The average molecular weight is 277 g/mol. The fourth-order valence-corrected chi connectivity index (χ4v) is 1.78. The molecule has 0 heterocycles. The number of urea groups is 1. The molecule has 0 aliphatic heterocycles. The van der Waals surface area contributed by atoms with E-state index in [9.17, 15) is 9.59 Å². The molecule has 5 heteroatoms. The molecule has 0 aliphatic rings. The fraction of sp³-hybridized carbons (Fsp3) is 0.467. The van der Waals surface area contributed by atoms with E-state index < -0.39 is 6.04 Å². The Balaban J connectivity index is 2.52. The lowest BCUT2D eigenvalue weighted by atomic mass is 10.1. The number of benzene rings is 1. The highest BCUT2D eigenvalue weighted by Gasteiger charge is 2.15. The first-order valence-corrected chi connectivity index (χ1v) is 6.86. The molecule has 0 fully saturated rings. The zero-order valence-electron chi connectivity index (χ0n) is 12.5. The van der Waals surface area contributed by atoms with Gasteiger partial charge in [-0.1, -0.05) is 24.6 Å². The second-order valence-corrected chi connectivity index (χ2v) is 4.93. The van der Waals surface area contributed by atoms with Gasteiger partial charge in [-0.3, -0.25) is 4.79 Å². The number of amides is 3. The first kappa shape index (κ1) is 16.0. The first-order chi connectivity index (χ1) is 9.43. The van der Waals surface area contributed by atoms with Gasteiger partial charge in [-0.15, -0.1) is 0 Å². The highest BCUT2D eigenvalue weighted by Crippen LogP contribution is 2.15. The number of hydrogen-bond acceptors (Lipinski definition) is 2. The molecule has 110 valence electrons. The second kappa shape index (κ2) is 7.53. The van der Waals surface area contributed by atoms with Gasteiger partial charge < -0.3 is 16.0 Å². The summed E-state index contributed by atoms with van der Waals surface area (Å²) in [6.07, 6.45) is 0.868. The van der Waals surface area contributed by atoms with Gasteiger partial charge in [0, 0.05) is 12.2 Å². The van der Waals surface area contributed by atoms with Gasteiger partial charge in [0.1, 0.15) is 6.04 Å². The van der Waals surface area contributed by atoms with Gasteiger partial charge in [0.05, 0.1) is 0 Å². The Morgan fingerprint density at radius 3 is 2.55 bits per heavy atom. The normalized spacial score (nSPS) is 11.6. The molecule has 1 aromatic carbocycles. The molecule has 0 radical (unpaired) electrons. The molecular weight excluding hydrogens is 254 g/mol. The van der Waals surface area contributed by atoms with Crippen molar-refractivity contribution < 1.29 is 9.59 Å². The topological polar surface area (TPSA) is 70.2 Å². The highest BCUT2D eigenvalue weighted by atomic mass is 16.2. The average Bonchev–Trinajstić information content (AvgIpc) is 2.39. The number of anilines is 1. The number of carbonyl (C=O) groups excluding carboxylic acids is 2. The van der Waals surface area contributed by atoms with Crippen molar-refractivity contribution in [3.8, 4) is 0 Å². The minimum atomic E-state index is -0.563. The summed E-state index contributed by atoms with van der Waals surface area (Å²) in [5, 5.41) is 8.10. The van der Waals surface area contributed by atoms with Crippen molar-refractivity contribution in [2.45, 2.75) is 40.2 Å². The molecule has 1 rings (SSSR count). The summed E-state index contributed by atoms with van der Waals surface area (Å²) in [6.45, 7) is 8.18. The van der Waals surface area contributed by atoms with Crippen molar-refractivity contribution in [2.24, 2.45) is 0 Å². The standard InChI is InChI=1S/C15H23N3O2/c1-5-8-16-14(19)12(4)17-15(20)18-13-7-6-10(2)9-11(13)3/h6-7,9,12H,5,8H2,1-4H3,(H,16,19)(H2,17,18,20)/t12-/m0/s1. The molecule has 0 aromatic heterocycles. The van der Waals surface area contributed by atoms with Crippen LogP contribution in [-0.2, 0) is 4.79 Å². The van der Waals surface area contributed by atoms with Crippen LogP contribution in [0.1, 0.15) is 31.4 Å². The zero-order valence-corrected chi connectivity index (χ0v) is 12.5. The summed E-state index contributed by atoms with van der Waals surface area (Å²) in [5.74, 6) is -0.178. The van der Waals surface area contributed by atoms with Crippen molar-refractivity contribution in [3.63, 3.8) is 0 Å². The van der Waals surface area contributed by atoms with Gasteiger partial charge in [0.2, 0.25) is 5.91 Å². The minimum absolute atomic E-state index is 0.178. The van der Waals surface area contributed by atoms with Crippen molar-refractivity contribution in [2.75, 3.05) is 11.9 Å². The van der Waals surface area contributed by atoms with Crippen molar-refractivity contribution >= 4 is 17.6 Å². The molecule has 0 saturated heterocycles. The highest BCUT2D eigenvalue weighted by molar-refractivity contribution is 5.94. The monoisotopic (exact) mass is 277 g/mol. The van der Waals surface area contributed by atoms with Crippen LogP contribution < -0.4 is 16.0 Å². The van der Waals surface area contributed by atoms with E-state index in [2.05, 4.69) is 16.0 Å². The second-order valence-electron chi connectivity index (χ2n) is 4.93. The predicted molar refractivity (Wildman–Crippen MR) is 80.8 cm³/mol. The number of hydrogen-bond donors (Lipinski definition) is 3. The van der Waals surface area contributed by atoms with Gasteiger partial charge in [-0.2, -0.15) is 0 Å². The van der Waals surface area contributed by atoms with Gasteiger partial charge in [0.15, 0.2) is 0 Å². The van der Waals surface area contributed by atoms with Crippen LogP contribution >= 0.6 is 0 Å². The molecule has 0 bridgehead atoms. The number of aryl methyl sites for hydroxylation is 2. The SMILES string of the molecule is CCCNC(=O)[C@H](C)NC(=O)Nc1ccc(C)cc1C. The summed E-state index contributed by atoms with van der Waals surface area (Å²) < 4.78 is 0. The van der Waals surface area contributed by atoms with E-state index in [4.69, 9.17) is 0 Å². The Bertz CT molecular complexity index is 486. The Kier molecular flexibility index (Phi) is 6.03. The van der Waals surface area contributed by atoms with Crippen LogP contribution in [0.25, 0.3) is 0 Å². The van der Waals surface area contributed by atoms with E-state index in [-0.39, 0.29) is 11.9 Å². The van der Waals surface area contributed by atoms with E-state index in [1.54, 1.807) is 6.92 Å². The van der Waals surface area contributed by atoms with Crippen LogP contribution in [0, 0.1) is 13.8 Å². The maximum atomic E-state index is 11.8. The van der Waals surface area contributed by atoms with Crippen molar-refractivity contribution in [1.29, 1.82) is 0 Å². The molecule has 3 N–H and O–H groups in total. The van der Waals surface area contributed by atoms with Crippen molar-refractivity contribution in [3.05, 3.63) is 29.3 Å². The smallest absolute Gasteiger partial charge is 0.319 e. The van der Waals surface area contributed by atoms with Crippen LogP contribution in [0.2, 0.25) is 0 Å².